The van der Waals surface area contributed by atoms with Gasteiger partial charge < -0.3 is 4.98 Å². The second-order valence-electron chi connectivity index (χ2n) is 1.79. The molecular weight excluding hydrogens is 180 g/mol. The van der Waals surface area contributed by atoms with E-state index in [1.165, 1.54) is 23.5 Å². The Kier molecular flexibility index (Phi) is 3.02. The van der Waals surface area contributed by atoms with Crippen LogP contribution in [0.1, 0.15) is 0 Å². The molecular formula is C6H8N2OS2. The van der Waals surface area contributed by atoms with E-state index in [1.54, 1.807) is 6.20 Å². The standard InChI is InChI=1S/C6H8N2OS2/c1-10-4-3-7-6(11-2)8-5(4)9/h3H,1-2H3,(H,7,8,9). The first-order valence-corrected chi connectivity index (χ1v) is 5.40. The SMILES string of the molecule is CSc1ncc(SC)c(=O)[nH]1. The van der Waals surface area contributed by atoms with Gasteiger partial charge in [0, 0.05) is 6.20 Å². The summed E-state index contributed by atoms with van der Waals surface area (Å²) in [6, 6.07) is 0. The van der Waals surface area contributed by atoms with E-state index in [0.717, 1.165) is 0 Å². The van der Waals surface area contributed by atoms with Gasteiger partial charge in [-0.15, -0.1) is 11.8 Å². The van der Waals surface area contributed by atoms with E-state index < -0.39 is 0 Å². The number of rotatable bonds is 2. The quantitative estimate of drug-likeness (QED) is 0.560. The third-order valence-corrected chi connectivity index (χ3v) is 2.48. The molecule has 1 rings (SSSR count). The Hall–Kier alpha value is -0.420. The zero-order valence-electron chi connectivity index (χ0n) is 6.25. The van der Waals surface area contributed by atoms with Crippen molar-refractivity contribution >= 4 is 23.5 Å². The Labute approximate surface area is 73.0 Å². The summed E-state index contributed by atoms with van der Waals surface area (Å²) >= 11 is 2.83. The zero-order chi connectivity index (χ0) is 8.27. The lowest BCUT2D eigenvalue weighted by molar-refractivity contribution is 0.896. The van der Waals surface area contributed by atoms with Crippen molar-refractivity contribution in [2.75, 3.05) is 12.5 Å². The Morgan fingerprint density at radius 1 is 1.45 bits per heavy atom. The lowest BCUT2D eigenvalue weighted by Crippen LogP contribution is -2.09. The number of nitrogens with one attached hydrogen (secondary N) is 1. The molecule has 3 nitrogen and oxygen atoms in total. The molecule has 11 heavy (non-hydrogen) atoms. The van der Waals surface area contributed by atoms with Crippen molar-refractivity contribution in [3.05, 3.63) is 16.6 Å². The summed E-state index contributed by atoms with van der Waals surface area (Å²) < 4.78 is 0. The molecule has 5 heteroatoms. The van der Waals surface area contributed by atoms with Gasteiger partial charge in [0.2, 0.25) is 0 Å². The van der Waals surface area contributed by atoms with Crippen molar-refractivity contribution in [3.8, 4) is 0 Å². The van der Waals surface area contributed by atoms with Gasteiger partial charge in [-0.1, -0.05) is 11.8 Å². The van der Waals surface area contributed by atoms with E-state index in [0.29, 0.717) is 10.1 Å². The Balaban J connectivity index is 3.10. The molecule has 0 radical (unpaired) electrons. The molecule has 0 bridgehead atoms. The van der Waals surface area contributed by atoms with Crippen molar-refractivity contribution in [2.45, 2.75) is 10.1 Å². The lowest BCUT2D eigenvalue weighted by atomic mass is 10.7. The van der Waals surface area contributed by atoms with Crippen LogP contribution in [0.2, 0.25) is 0 Å². The van der Waals surface area contributed by atoms with Crippen LogP contribution in [0.15, 0.2) is 21.0 Å². The van der Waals surface area contributed by atoms with Crippen LogP contribution in [-0.4, -0.2) is 22.5 Å². The Morgan fingerprint density at radius 2 is 2.18 bits per heavy atom. The minimum atomic E-state index is -0.0585. The van der Waals surface area contributed by atoms with Crippen molar-refractivity contribution in [1.82, 2.24) is 9.97 Å². The summed E-state index contributed by atoms with van der Waals surface area (Å²) in [4.78, 5) is 18.4. The van der Waals surface area contributed by atoms with Crippen molar-refractivity contribution in [2.24, 2.45) is 0 Å². The maximum Gasteiger partial charge on any atom is 0.265 e. The smallest absolute Gasteiger partial charge is 0.265 e. The molecule has 0 amide bonds. The zero-order valence-corrected chi connectivity index (χ0v) is 7.88. The Morgan fingerprint density at radius 3 is 2.64 bits per heavy atom. The van der Waals surface area contributed by atoms with Gasteiger partial charge in [0.15, 0.2) is 5.16 Å². The highest BCUT2D eigenvalue weighted by molar-refractivity contribution is 7.98. The predicted molar refractivity (Wildman–Crippen MR) is 48.4 cm³/mol. The third kappa shape index (κ3) is 2.00. The van der Waals surface area contributed by atoms with Crippen LogP contribution in [0.3, 0.4) is 0 Å². The molecule has 0 fully saturated rings. The second-order valence-corrected chi connectivity index (χ2v) is 3.43. The molecule has 60 valence electrons. The summed E-state index contributed by atoms with van der Waals surface area (Å²) in [7, 11) is 0. The lowest BCUT2D eigenvalue weighted by Gasteiger charge is -1.95. The summed E-state index contributed by atoms with van der Waals surface area (Å²) in [5.41, 5.74) is -0.0585. The minimum Gasteiger partial charge on any atom is -0.301 e. The van der Waals surface area contributed by atoms with Gasteiger partial charge in [0.05, 0.1) is 4.90 Å². The Bertz CT molecular complexity index is 297. The molecule has 0 aromatic carbocycles. The van der Waals surface area contributed by atoms with Crippen LogP contribution in [0.4, 0.5) is 0 Å². The number of hydrogen-bond donors (Lipinski definition) is 1. The molecule has 0 aliphatic heterocycles. The first-order chi connectivity index (χ1) is 5.27. The van der Waals surface area contributed by atoms with E-state index >= 15 is 0 Å². The van der Waals surface area contributed by atoms with Crippen LogP contribution in [0.25, 0.3) is 0 Å². The fraction of sp³-hybridized carbons (Fsp3) is 0.333. The fourth-order valence-corrected chi connectivity index (χ4v) is 1.36. The van der Waals surface area contributed by atoms with Crippen molar-refractivity contribution in [3.63, 3.8) is 0 Å². The molecule has 1 aromatic rings. The van der Waals surface area contributed by atoms with Crippen molar-refractivity contribution in [1.29, 1.82) is 0 Å². The van der Waals surface area contributed by atoms with Gasteiger partial charge in [0.25, 0.3) is 5.56 Å². The summed E-state index contributed by atoms with van der Waals surface area (Å²) in [6.07, 6.45) is 5.32. The molecule has 0 aliphatic rings. The summed E-state index contributed by atoms with van der Waals surface area (Å²) in [5.74, 6) is 0. The number of aromatic nitrogens is 2. The minimum absolute atomic E-state index is 0.0585. The van der Waals surface area contributed by atoms with E-state index in [2.05, 4.69) is 9.97 Å². The van der Waals surface area contributed by atoms with Crippen LogP contribution in [-0.2, 0) is 0 Å². The van der Waals surface area contributed by atoms with Gasteiger partial charge in [-0.3, -0.25) is 4.79 Å². The molecule has 0 atom stereocenters. The van der Waals surface area contributed by atoms with Crippen molar-refractivity contribution < 1.29 is 0 Å². The van der Waals surface area contributed by atoms with E-state index in [-0.39, 0.29) is 5.56 Å². The largest absolute Gasteiger partial charge is 0.301 e. The molecule has 0 spiro atoms. The molecule has 0 unspecified atom stereocenters. The highest BCUT2D eigenvalue weighted by atomic mass is 32.2. The average molecular weight is 188 g/mol. The summed E-state index contributed by atoms with van der Waals surface area (Å²) in [5, 5.41) is 0.660. The second kappa shape index (κ2) is 3.82. The van der Waals surface area contributed by atoms with Gasteiger partial charge >= 0.3 is 0 Å². The van der Waals surface area contributed by atoms with E-state index in [4.69, 9.17) is 0 Å². The number of hydrogen-bond acceptors (Lipinski definition) is 4. The monoisotopic (exact) mass is 188 g/mol. The van der Waals surface area contributed by atoms with Crippen LogP contribution < -0.4 is 5.56 Å². The fourth-order valence-electron chi connectivity index (χ4n) is 0.616. The maximum atomic E-state index is 11.1. The first-order valence-electron chi connectivity index (χ1n) is 2.95. The van der Waals surface area contributed by atoms with E-state index in [9.17, 15) is 4.79 Å². The van der Waals surface area contributed by atoms with Gasteiger partial charge in [-0.2, -0.15) is 0 Å². The number of H-pyrrole nitrogens is 1. The predicted octanol–water partition coefficient (Wildman–Crippen LogP) is 1.21. The molecule has 1 aromatic heterocycles. The third-order valence-electron chi connectivity index (χ3n) is 1.16. The highest BCUT2D eigenvalue weighted by Gasteiger charge is 1.98. The number of nitrogens with zero attached hydrogens (tertiary/aromatic N) is 1. The normalized spacial score (nSPS) is 10.0. The van der Waals surface area contributed by atoms with E-state index in [1.807, 2.05) is 12.5 Å². The molecule has 1 heterocycles. The highest BCUT2D eigenvalue weighted by Crippen LogP contribution is 2.09. The van der Waals surface area contributed by atoms with Crippen LogP contribution in [0.5, 0.6) is 0 Å². The molecule has 0 aliphatic carbocycles. The molecule has 1 N–H and O–H groups in total. The topological polar surface area (TPSA) is 45.8 Å². The van der Waals surface area contributed by atoms with Crippen LogP contribution >= 0.6 is 23.5 Å². The van der Waals surface area contributed by atoms with Gasteiger partial charge in [-0.05, 0) is 12.5 Å². The van der Waals surface area contributed by atoms with Gasteiger partial charge in [0.1, 0.15) is 0 Å². The number of aromatic amines is 1. The summed E-state index contributed by atoms with van der Waals surface area (Å²) in [6.45, 7) is 0. The molecule has 0 saturated heterocycles. The maximum absolute atomic E-state index is 11.1. The number of thioether (sulfide) groups is 2. The molecule has 0 saturated carbocycles. The average Bonchev–Trinajstić information content (AvgIpc) is 2.04. The van der Waals surface area contributed by atoms with Gasteiger partial charge in [-0.25, -0.2) is 4.98 Å². The first kappa shape index (κ1) is 8.67. The van der Waals surface area contributed by atoms with Crippen LogP contribution in [0, 0.1) is 0 Å².